The number of benzene rings is 1. The zero-order valence-corrected chi connectivity index (χ0v) is 12.0. The summed E-state index contributed by atoms with van der Waals surface area (Å²) in [7, 11) is 0. The molecule has 1 aliphatic rings. The Kier molecular flexibility index (Phi) is 4.03. The number of hydrogen-bond acceptors (Lipinski definition) is 5. The molecular formula is C16H19N3O2. The fourth-order valence-electron chi connectivity index (χ4n) is 2.53. The molecule has 1 unspecified atom stereocenters. The Hall–Kier alpha value is -2.11. The van der Waals surface area contributed by atoms with Crippen molar-refractivity contribution in [2.24, 2.45) is 5.84 Å². The maximum atomic E-state index is 5.77. The van der Waals surface area contributed by atoms with Crippen LogP contribution in [-0.2, 0) is 0 Å². The molecule has 1 aromatic heterocycles. The van der Waals surface area contributed by atoms with Crippen LogP contribution in [0.4, 0.5) is 0 Å². The number of aromatic nitrogens is 1. The fourth-order valence-corrected chi connectivity index (χ4v) is 2.53. The summed E-state index contributed by atoms with van der Waals surface area (Å²) in [6.45, 7) is 3.38. The van der Waals surface area contributed by atoms with Crippen LogP contribution in [0.3, 0.4) is 0 Å². The molecule has 5 nitrogen and oxygen atoms in total. The molecule has 2 aromatic rings. The van der Waals surface area contributed by atoms with E-state index in [1.54, 1.807) is 6.20 Å². The van der Waals surface area contributed by atoms with Gasteiger partial charge in [-0.15, -0.1) is 0 Å². The molecule has 1 aliphatic heterocycles. The lowest BCUT2D eigenvalue weighted by Gasteiger charge is -2.20. The van der Waals surface area contributed by atoms with Crippen LogP contribution in [0.15, 0.2) is 36.7 Å². The van der Waals surface area contributed by atoms with Crippen molar-refractivity contribution in [3.05, 3.63) is 53.3 Å². The third kappa shape index (κ3) is 2.84. The van der Waals surface area contributed by atoms with Gasteiger partial charge in [-0.25, -0.2) is 5.43 Å². The normalized spacial score (nSPS) is 15.3. The van der Waals surface area contributed by atoms with E-state index in [0.717, 1.165) is 34.6 Å². The summed E-state index contributed by atoms with van der Waals surface area (Å²) in [5, 5.41) is 0. The molecule has 0 saturated carbocycles. The first-order valence-corrected chi connectivity index (χ1v) is 7.06. The SMILES string of the molecule is Cc1cnccc1C(NN)c1ccc2c(c1)OCCCO2. The highest BCUT2D eigenvalue weighted by Crippen LogP contribution is 2.34. The Morgan fingerprint density at radius 3 is 2.76 bits per heavy atom. The monoisotopic (exact) mass is 285 g/mol. The lowest BCUT2D eigenvalue weighted by atomic mass is 9.96. The summed E-state index contributed by atoms with van der Waals surface area (Å²) in [5.41, 5.74) is 6.10. The van der Waals surface area contributed by atoms with Crippen molar-refractivity contribution < 1.29 is 9.47 Å². The molecule has 0 radical (unpaired) electrons. The van der Waals surface area contributed by atoms with Gasteiger partial charge in [0.1, 0.15) is 0 Å². The number of nitrogens with two attached hydrogens (primary N) is 1. The quantitative estimate of drug-likeness (QED) is 0.667. The van der Waals surface area contributed by atoms with E-state index >= 15 is 0 Å². The van der Waals surface area contributed by atoms with Crippen molar-refractivity contribution in [1.29, 1.82) is 0 Å². The number of rotatable bonds is 3. The van der Waals surface area contributed by atoms with Gasteiger partial charge in [0.15, 0.2) is 11.5 Å². The Morgan fingerprint density at radius 2 is 2.00 bits per heavy atom. The standard InChI is InChI=1S/C16H19N3O2/c1-11-10-18-6-5-13(11)16(19-17)12-3-4-14-15(9-12)21-8-2-7-20-14/h3-6,9-10,16,19H,2,7-8,17H2,1H3. The molecule has 1 aromatic carbocycles. The van der Waals surface area contributed by atoms with Gasteiger partial charge < -0.3 is 9.47 Å². The highest BCUT2D eigenvalue weighted by molar-refractivity contribution is 5.46. The highest BCUT2D eigenvalue weighted by Gasteiger charge is 2.18. The number of hydrazine groups is 1. The first-order valence-electron chi connectivity index (χ1n) is 7.06. The maximum absolute atomic E-state index is 5.77. The van der Waals surface area contributed by atoms with Crippen LogP contribution < -0.4 is 20.7 Å². The van der Waals surface area contributed by atoms with Crippen molar-refractivity contribution in [2.45, 2.75) is 19.4 Å². The molecule has 21 heavy (non-hydrogen) atoms. The molecule has 3 N–H and O–H groups in total. The summed E-state index contributed by atoms with van der Waals surface area (Å²) in [4.78, 5) is 4.12. The summed E-state index contributed by atoms with van der Waals surface area (Å²) < 4.78 is 11.4. The lowest BCUT2D eigenvalue weighted by molar-refractivity contribution is 0.297. The van der Waals surface area contributed by atoms with Crippen LogP contribution in [0.1, 0.15) is 29.2 Å². The number of hydrogen-bond donors (Lipinski definition) is 2. The molecule has 0 bridgehead atoms. The van der Waals surface area contributed by atoms with Gasteiger partial charge in [0.2, 0.25) is 0 Å². The number of fused-ring (bicyclic) bond motifs is 1. The Labute approximate surface area is 124 Å². The molecule has 5 heteroatoms. The average molecular weight is 285 g/mol. The van der Waals surface area contributed by atoms with E-state index in [1.807, 2.05) is 37.4 Å². The largest absolute Gasteiger partial charge is 0.490 e. The smallest absolute Gasteiger partial charge is 0.161 e. The van der Waals surface area contributed by atoms with Gasteiger partial charge >= 0.3 is 0 Å². The number of nitrogens with zero attached hydrogens (tertiary/aromatic N) is 1. The summed E-state index contributed by atoms with van der Waals surface area (Å²) in [6, 6.07) is 7.81. The predicted molar refractivity (Wildman–Crippen MR) is 80.2 cm³/mol. The molecule has 0 amide bonds. The van der Waals surface area contributed by atoms with Gasteiger partial charge in [0.05, 0.1) is 19.3 Å². The first-order chi connectivity index (χ1) is 10.3. The van der Waals surface area contributed by atoms with Gasteiger partial charge in [-0.3, -0.25) is 10.8 Å². The summed E-state index contributed by atoms with van der Waals surface area (Å²) >= 11 is 0. The topological polar surface area (TPSA) is 69.4 Å². The summed E-state index contributed by atoms with van der Waals surface area (Å²) in [6.07, 6.45) is 4.50. The van der Waals surface area contributed by atoms with Gasteiger partial charge in [-0.05, 0) is 41.8 Å². The number of pyridine rings is 1. The molecule has 1 atom stereocenters. The Balaban J connectivity index is 1.98. The first kappa shape index (κ1) is 13.9. The second-order valence-corrected chi connectivity index (χ2v) is 5.09. The molecule has 2 heterocycles. The lowest BCUT2D eigenvalue weighted by Crippen LogP contribution is -2.29. The molecule has 0 saturated heterocycles. The van der Waals surface area contributed by atoms with E-state index < -0.39 is 0 Å². The second-order valence-electron chi connectivity index (χ2n) is 5.09. The van der Waals surface area contributed by atoms with Gasteiger partial charge in [-0.1, -0.05) is 6.07 Å². The third-order valence-electron chi connectivity index (χ3n) is 3.65. The van der Waals surface area contributed by atoms with E-state index in [2.05, 4.69) is 10.4 Å². The fraction of sp³-hybridized carbons (Fsp3) is 0.312. The van der Waals surface area contributed by atoms with Gasteiger partial charge in [0.25, 0.3) is 0 Å². The zero-order chi connectivity index (χ0) is 14.7. The van der Waals surface area contributed by atoms with E-state index in [-0.39, 0.29) is 6.04 Å². The Bertz CT molecular complexity index is 631. The molecule has 0 aliphatic carbocycles. The third-order valence-corrected chi connectivity index (χ3v) is 3.65. The zero-order valence-electron chi connectivity index (χ0n) is 12.0. The highest BCUT2D eigenvalue weighted by atomic mass is 16.5. The predicted octanol–water partition coefficient (Wildman–Crippen LogP) is 2.10. The van der Waals surface area contributed by atoms with Crippen LogP contribution in [0, 0.1) is 6.92 Å². The molecule has 0 fully saturated rings. The maximum Gasteiger partial charge on any atom is 0.161 e. The minimum absolute atomic E-state index is 0.106. The number of nitrogens with one attached hydrogen (secondary N) is 1. The van der Waals surface area contributed by atoms with Crippen LogP contribution in [-0.4, -0.2) is 18.2 Å². The van der Waals surface area contributed by atoms with Crippen LogP contribution in [0.25, 0.3) is 0 Å². The van der Waals surface area contributed by atoms with Crippen molar-refractivity contribution in [3.63, 3.8) is 0 Å². The average Bonchev–Trinajstić information content (AvgIpc) is 2.75. The van der Waals surface area contributed by atoms with Crippen molar-refractivity contribution in [3.8, 4) is 11.5 Å². The Morgan fingerprint density at radius 1 is 1.19 bits per heavy atom. The van der Waals surface area contributed by atoms with Crippen molar-refractivity contribution >= 4 is 0 Å². The van der Waals surface area contributed by atoms with E-state index in [0.29, 0.717) is 13.2 Å². The minimum Gasteiger partial charge on any atom is -0.490 e. The van der Waals surface area contributed by atoms with Gasteiger partial charge in [-0.2, -0.15) is 0 Å². The number of aryl methyl sites for hydroxylation is 1. The van der Waals surface area contributed by atoms with Gasteiger partial charge in [0, 0.05) is 18.8 Å². The second kappa shape index (κ2) is 6.11. The minimum atomic E-state index is -0.106. The molecule has 0 spiro atoms. The van der Waals surface area contributed by atoms with E-state index in [1.165, 1.54) is 0 Å². The van der Waals surface area contributed by atoms with Crippen LogP contribution >= 0.6 is 0 Å². The molecule has 3 rings (SSSR count). The van der Waals surface area contributed by atoms with Crippen LogP contribution in [0.2, 0.25) is 0 Å². The van der Waals surface area contributed by atoms with E-state index in [4.69, 9.17) is 15.3 Å². The molecule has 110 valence electrons. The van der Waals surface area contributed by atoms with E-state index in [9.17, 15) is 0 Å². The molecular weight excluding hydrogens is 266 g/mol. The van der Waals surface area contributed by atoms with Crippen LogP contribution in [0.5, 0.6) is 11.5 Å². The summed E-state index contributed by atoms with van der Waals surface area (Å²) in [5.74, 6) is 7.34. The van der Waals surface area contributed by atoms with Crippen molar-refractivity contribution in [2.75, 3.05) is 13.2 Å². The van der Waals surface area contributed by atoms with Crippen molar-refractivity contribution in [1.82, 2.24) is 10.4 Å². The number of ether oxygens (including phenoxy) is 2.